The van der Waals surface area contributed by atoms with E-state index >= 15 is 0 Å². The first kappa shape index (κ1) is 20.5. The molecule has 0 aromatic carbocycles. The Kier molecular flexibility index (Phi) is 6.09. The minimum absolute atomic E-state index is 0.198. The van der Waals surface area contributed by atoms with Crippen LogP contribution in [0.4, 0.5) is 0 Å². The number of rotatable bonds is 4. The number of hydrogen-bond acceptors (Lipinski definition) is 9. The maximum absolute atomic E-state index is 12.0. The van der Waals surface area contributed by atoms with Crippen LogP contribution in [0.3, 0.4) is 0 Å². The van der Waals surface area contributed by atoms with Gasteiger partial charge in [-0.25, -0.2) is 4.79 Å². The number of carbonyl (C=O) groups excluding carboxylic acids is 1. The summed E-state index contributed by atoms with van der Waals surface area (Å²) in [6.07, 6.45) is -4.01. The lowest BCUT2D eigenvalue weighted by Gasteiger charge is -2.43. The van der Waals surface area contributed by atoms with Crippen LogP contribution >= 0.6 is 0 Å². The number of methoxy groups -OCH3 is 1. The van der Waals surface area contributed by atoms with Crippen LogP contribution in [0.1, 0.15) is 20.3 Å². The van der Waals surface area contributed by atoms with E-state index in [1.54, 1.807) is 6.92 Å². The molecule has 0 bridgehead atoms. The summed E-state index contributed by atoms with van der Waals surface area (Å²) in [4.78, 5) is 12.0. The Morgan fingerprint density at radius 2 is 1.89 bits per heavy atom. The summed E-state index contributed by atoms with van der Waals surface area (Å²) in [6, 6.07) is 0. The third-order valence-corrected chi connectivity index (χ3v) is 6.09. The number of hydrogen-bond donors (Lipinski definition) is 4. The monoisotopic (exact) mass is 388 g/mol. The van der Waals surface area contributed by atoms with Crippen molar-refractivity contribution in [1.29, 1.82) is 0 Å². The van der Waals surface area contributed by atoms with Crippen LogP contribution in [-0.2, 0) is 23.7 Å². The molecule has 9 heteroatoms. The Bertz CT molecular complexity index is 577. The Hall–Kier alpha value is -1.23. The van der Waals surface area contributed by atoms with Crippen molar-refractivity contribution in [2.45, 2.75) is 57.3 Å². The maximum Gasteiger partial charge on any atom is 0.337 e. The van der Waals surface area contributed by atoms with Crippen LogP contribution in [0, 0.1) is 23.7 Å². The first-order valence-electron chi connectivity index (χ1n) is 9.19. The highest BCUT2D eigenvalue weighted by molar-refractivity contribution is 5.89. The van der Waals surface area contributed by atoms with Gasteiger partial charge in [0.05, 0.1) is 37.8 Å². The summed E-state index contributed by atoms with van der Waals surface area (Å²) < 4.78 is 22.0. The fourth-order valence-corrected chi connectivity index (χ4v) is 4.29. The largest absolute Gasteiger partial charge is 0.472 e. The predicted octanol–water partition coefficient (Wildman–Crippen LogP) is -0.876. The van der Waals surface area contributed by atoms with E-state index in [2.05, 4.69) is 0 Å². The van der Waals surface area contributed by atoms with E-state index in [9.17, 15) is 25.2 Å². The molecule has 0 aromatic heterocycles. The second-order valence-electron chi connectivity index (χ2n) is 7.62. The van der Waals surface area contributed by atoms with Crippen molar-refractivity contribution >= 4 is 5.97 Å². The number of carbonyl (C=O) groups is 1. The first-order chi connectivity index (χ1) is 12.8. The van der Waals surface area contributed by atoms with Crippen molar-refractivity contribution in [2.75, 3.05) is 13.7 Å². The van der Waals surface area contributed by atoms with Gasteiger partial charge in [-0.15, -0.1) is 0 Å². The number of esters is 1. The highest BCUT2D eigenvalue weighted by Crippen LogP contribution is 2.47. The zero-order valence-electron chi connectivity index (χ0n) is 15.6. The van der Waals surface area contributed by atoms with Crippen molar-refractivity contribution < 1.29 is 44.2 Å². The lowest BCUT2D eigenvalue weighted by atomic mass is 9.83. The molecule has 0 unspecified atom stereocenters. The summed E-state index contributed by atoms with van der Waals surface area (Å²) in [7, 11) is 1.29. The zero-order valence-corrected chi connectivity index (χ0v) is 15.6. The molecule has 2 heterocycles. The van der Waals surface area contributed by atoms with Gasteiger partial charge in [0.15, 0.2) is 6.29 Å². The van der Waals surface area contributed by atoms with Gasteiger partial charge in [0.1, 0.15) is 12.2 Å². The van der Waals surface area contributed by atoms with Gasteiger partial charge < -0.3 is 39.4 Å². The molecule has 0 aromatic rings. The number of fused-ring (bicyclic) bond motifs is 1. The summed E-state index contributed by atoms with van der Waals surface area (Å²) in [5.74, 6) is -1.88. The van der Waals surface area contributed by atoms with Gasteiger partial charge >= 0.3 is 5.97 Å². The fourth-order valence-electron chi connectivity index (χ4n) is 4.29. The van der Waals surface area contributed by atoms with Crippen molar-refractivity contribution in [3.8, 4) is 0 Å². The topological polar surface area (TPSA) is 135 Å². The van der Waals surface area contributed by atoms with Crippen LogP contribution in [0.2, 0.25) is 0 Å². The van der Waals surface area contributed by atoms with Crippen LogP contribution in [0.25, 0.3) is 0 Å². The number of ether oxygens (including phenoxy) is 4. The average molecular weight is 388 g/mol. The van der Waals surface area contributed by atoms with E-state index in [1.807, 2.05) is 6.92 Å². The first-order valence-corrected chi connectivity index (χ1v) is 9.19. The van der Waals surface area contributed by atoms with Gasteiger partial charge in [0, 0.05) is 17.8 Å². The van der Waals surface area contributed by atoms with Gasteiger partial charge in [-0.1, -0.05) is 13.8 Å². The van der Waals surface area contributed by atoms with Crippen molar-refractivity contribution in [3.05, 3.63) is 11.8 Å². The SMILES string of the molecule is COC(=O)C1=CO[C@@H](O[C@@H]2O[C@H](CO)[C@@H](O)[C@H](O)[C@H]2C)[C@@H]2[C@@H](C)[C@@H](O)C[C@H]12. The zero-order chi connectivity index (χ0) is 19.9. The normalized spacial score (nSPS) is 47.0. The van der Waals surface area contributed by atoms with Crippen LogP contribution < -0.4 is 0 Å². The Balaban J connectivity index is 1.80. The Labute approximate surface area is 157 Å². The third kappa shape index (κ3) is 3.59. The molecule has 2 aliphatic heterocycles. The molecule has 0 spiro atoms. The summed E-state index contributed by atoms with van der Waals surface area (Å²) in [5.41, 5.74) is 0.354. The van der Waals surface area contributed by atoms with Gasteiger partial charge in [-0.05, 0) is 12.3 Å². The van der Waals surface area contributed by atoms with Gasteiger partial charge in [0.25, 0.3) is 0 Å². The van der Waals surface area contributed by atoms with E-state index in [1.165, 1.54) is 13.4 Å². The highest BCUT2D eigenvalue weighted by atomic mass is 16.8. The molecule has 4 N–H and O–H groups in total. The van der Waals surface area contributed by atoms with Gasteiger partial charge in [-0.3, -0.25) is 0 Å². The van der Waals surface area contributed by atoms with Crippen molar-refractivity contribution in [2.24, 2.45) is 23.7 Å². The summed E-state index contributed by atoms with van der Waals surface area (Å²) in [6.45, 7) is 3.05. The molecule has 10 atom stereocenters. The number of aliphatic hydroxyl groups is 4. The summed E-state index contributed by atoms with van der Waals surface area (Å²) >= 11 is 0. The van der Waals surface area contributed by atoms with Crippen molar-refractivity contribution in [3.63, 3.8) is 0 Å². The standard InChI is InChI=1S/C18H28O9/c1-7-11(20)4-9-10(16(23)24-3)6-25-18(13(7)9)27-17-8(2)14(21)15(22)12(5-19)26-17/h6-9,11-15,17-22H,4-5H2,1-3H3/t7-,8+,9+,11-,12+,13+,14+,15+,17-,18-/m0/s1. The second-order valence-corrected chi connectivity index (χ2v) is 7.62. The van der Waals surface area contributed by atoms with Gasteiger partial charge in [0.2, 0.25) is 6.29 Å². The Morgan fingerprint density at radius 1 is 1.19 bits per heavy atom. The average Bonchev–Trinajstić information content (AvgIpc) is 2.96. The molecule has 1 saturated carbocycles. The molecule has 1 aliphatic carbocycles. The van der Waals surface area contributed by atoms with Crippen LogP contribution in [0.5, 0.6) is 0 Å². The molecule has 3 rings (SSSR count). The van der Waals surface area contributed by atoms with Crippen LogP contribution in [0.15, 0.2) is 11.8 Å². The highest BCUT2D eigenvalue weighted by Gasteiger charge is 2.52. The lowest BCUT2D eigenvalue weighted by Crippen LogP contribution is -2.56. The minimum atomic E-state index is -1.22. The van der Waals surface area contributed by atoms with E-state index < -0.39 is 55.5 Å². The molecular formula is C18H28O9. The molecular weight excluding hydrogens is 360 g/mol. The maximum atomic E-state index is 12.0. The van der Waals surface area contributed by atoms with Crippen LogP contribution in [-0.4, -0.2) is 77.1 Å². The molecule has 1 saturated heterocycles. The second kappa shape index (κ2) is 8.02. The van der Waals surface area contributed by atoms with Gasteiger partial charge in [-0.2, -0.15) is 0 Å². The summed E-state index contributed by atoms with van der Waals surface area (Å²) in [5, 5.41) is 39.8. The minimum Gasteiger partial charge on any atom is -0.472 e. The van der Waals surface area contributed by atoms with E-state index in [0.717, 1.165) is 0 Å². The lowest BCUT2D eigenvalue weighted by molar-refractivity contribution is -0.329. The third-order valence-electron chi connectivity index (χ3n) is 6.09. The van der Waals surface area contributed by atoms with E-state index in [4.69, 9.17) is 18.9 Å². The van der Waals surface area contributed by atoms with E-state index in [-0.39, 0.29) is 17.8 Å². The number of aliphatic hydroxyl groups excluding tert-OH is 4. The van der Waals surface area contributed by atoms with Crippen molar-refractivity contribution in [1.82, 2.24) is 0 Å². The fraction of sp³-hybridized carbons (Fsp3) is 0.833. The smallest absolute Gasteiger partial charge is 0.337 e. The molecule has 9 nitrogen and oxygen atoms in total. The molecule has 0 radical (unpaired) electrons. The van der Waals surface area contributed by atoms with E-state index in [0.29, 0.717) is 12.0 Å². The predicted molar refractivity (Wildman–Crippen MR) is 89.7 cm³/mol. The quantitative estimate of drug-likeness (QED) is 0.453. The molecule has 27 heavy (non-hydrogen) atoms. The molecule has 154 valence electrons. The Morgan fingerprint density at radius 3 is 2.52 bits per heavy atom. The molecule has 3 aliphatic rings. The molecule has 0 amide bonds. The molecule has 2 fully saturated rings.